The van der Waals surface area contributed by atoms with Crippen molar-refractivity contribution in [3.8, 4) is 0 Å². The van der Waals surface area contributed by atoms with Crippen LogP contribution in [0.25, 0.3) is 0 Å². The van der Waals surface area contributed by atoms with Gasteiger partial charge in [0.05, 0.1) is 19.3 Å². The molecule has 0 saturated carbocycles. The molecule has 2 saturated heterocycles. The van der Waals surface area contributed by atoms with E-state index in [2.05, 4.69) is 5.32 Å². The van der Waals surface area contributed by atoms with Crippen molar-refractivity contribution in [1.82, 2.24) is 5.32 Å². The Morgan fingerprint density at radius 3 is 2.75 bits per heavy atom. The van der Waals surface area contributed by atoms with E-state index in [-0.39, 0.29) is 0 Å². The first-order valence-corrected chi connectivity index (χ1v) is 6.43. The van der Waals surface area contributed by atoms with E-state index in [9.17, 15) is 0 Å². The van der Waals surface area contributed by atoms with Crippen LogP contribution in [0.5, 0.6) is 0 Å². The van der Waals surface area contributed by atoms with Crippen molar-refractivity contribution < 1.29 is 14.2 Å². The van der Waals surface area contributed by atoms with E-state index in [4.69, 9.17) is 14.2 Å². The summed E-state index contributed by atoms with van der Waals surface area (Å²) in [5.74, 6) is 0.726. The predicted molar refractivity (Wildman–Crippen MR) is 61.6 cm³/mol. The zero-order valence-corrected chi connectivity index (χ0v) is 9.95. The van der Waals surface area contributed by atoms with Crippen LogP contribution in [0.3, 0.4) is 0 Å². The summed E-state index contributed by atoms with van der Waals surface area (Å²) in [4.78, 5) is 0. The molecule has 0 radical (unpaired) electrons. The fraction of sp³-hybridized carbons (Fsp3) is 1.00. The van der Waals surface area contributed by atoms with Crippen LogP contribution in [-0.4, -0.2) is 52.2 Å². The zero-order chi connectivity index (χ0) is 11.1. The molecule has 0 spiro atoms. The summed E-state index contributed by atoms with van der Waals surface area (Å²) < 4.78 is 16.3. The molecule has 16 heavy (non-hydrogen) atoms. The van der Waals surface area contributed by atoms with Gasteiger partial charge in [-0.1, -0.05) is 0 Å². The highest BCUT2D eigenvalue weighted by atomic mass is 16.5. The van der Waals surface area contributed by atoms with Crippen LogP contribution in [0.2, 0.25) is 0 Å². The molecule has 0 aromatic carbocycles. The van der Waals surface area contributed by atoms with Gasteiger partial charge in [0.15, 0.2) is 0 Å². The molecule has 2 atom stereocenters. The molecule has 0 aliphatic carbocycles. The lowest BCUT2D eigenvalue weighted by atomic mass is 10.1. The van der Waals surface area contributed by atoms with Crippen molar-refractivity contribution in [1.29, 1.82) is 0 Å². The van der Waals surface area contributed by atoms with Crippen LogP contribution in [0.15, 0.2) is 0 Å². The largest absolute Gasteiger partial charge is 0.381 e. The van der Waals surface area contributed by atoms with E-state index >= 15 is 0 Å². The Labute approximate surface area is 97.6 Å². The van der Waals surface area contributed by atoms with Crippen LogP contribution in [0.4, 0.5) is 0 Å². The molecule has 2 rings (SSSR count). The molecular weight excluding hydrogens is 206 g/mol. The molecule has 0 amide bonds. The molecule has 2 aliphatic heterocycles. The van der Waals surface area contributed by atoms with Crippen molar-refractivity contribution in [2.45, 2.75) is 25.4 Å². The van der Waals surface area contributed by atoms with E-state index in [0.717, 1.165) is 64.9 Å². The molecule has 1 N–H and O–H groups in total. The van der Waals surface area contributed by atoms with Crippen molar-refractivity contribution >= 4 is 0 Å². The van der Waals surface area contributed by atoms with Crippen molar-refractivity contribution in [3.05, 3.63) is 0 Å². The quantitative estimate of drug-likeness (QED) is 0.656. The average Bonchev–Trinajstić information content (AvgIpc) is 2.96. The van der Waals surface area contributed by atoms with Gasteiger partial charge in [-0.3, -0.25) is 0 Å². The van der Waals surface area contributed by atoms with Gasteiger partial charge in [-0.15, -0.1) is 0 Å². The van der Waals surface area contributed by atoms with Gasteiger partial charge in [0, 0.05) is 26.4 Å². The number of nitrogens with one attached hydrogen (secondary N) is 1. The van der Waals surface area contributed by atoms with Gasteiger partial charge in [0.25, 0.3) is 0 Å². The summed E-state index contributed by atoms with van der Waals surface area (Å²) in [6, 6.07) is 0. The van der Waals surface area contributed by atoms with E-state index in [0.29, 0.717) is 6.10 Å². The standard InChI is InChI=1S/C12H23NO3/c1(5-16-12-3-7-15-10-12)4-13-8-11-2-6-14-9-11/h11-13H,1-10H2. The highest BCUT2D eigenvalue weighted by Gasteiger charge is 2.16. The summed E-state index contributed by atoms with van der Waals surface area (Å²) in [7, 11) is 0. The lowest BCUT2D eigenvalue weighted by Crippen LogP contribution is -2.25. The smallest absolute Gasteiger partial charge is 0.0830 e. The normalized spacial score (nSPS) is 30.0. The number of ether oxygens (including phenoxy) is 3. The Hall–Kier alpha value is -0.160. The maximum Gasteiger partial charge on any atom is 0.0830 e. The second-order valence-corrected chi connectivity index (χ2v) is 4.64. The van der Waals surface area contributed by atoms with Gasteiger partial charge in [0.2, 0.25) is 0 Å². The first kappa shape index (κ1) is 12.3. The van der Waals surface area contributed by atoms with Crippen LogP contribution in [-0.2, 0) is 14.2 Å². The highest BCUT2D eigenvalue weighted by molar-refractivity contribution is 4.67. The van der Waals surface area contributed by atoms with Gasteiger partial charge in [0.1, 0.15) is 0 Å². The number of hydrogen-bond donors (Lipinski definition) is 1. The lowest BCUT2D eigenvalue weighted by Gasteiger charge is -2.11. The Kier molecular flexibility index (Phi) is 5.55. The van der Waals surface area contributed by atoms with E-state index < -0.39 is 0 Å². The fourth-order valence-corrected chi connectivity index (χ4v) is 2.14. The third kappa shape index (κ3) is 4.37. The van der Waals surface area contributed by atoms with Gasteiger partial charge in [-0.05, 0) is 31.7 Å². The summed E-state index contributed by atoms with van der Waals surface area (Å²) >= 11 is 0. The summed E-state index contributed by atoms with van der Waals surface area (Å²) in [5.41, 5.74) is 0. The first-order chi connectivity index (χ1) is 7.95. The maximum atomic E-state index is 5.69. The van der Waals surface area contributed by atoms with Crippen molar-refractivity contribution in [3.63, 3.8) is 0 Å². The molecule has 4 heteroatoms. The van der Waals surface area contributed by atoms with Crippen LogP contribution >= 0.6 is 0 Å². The third-order valence-electron chi connectivity index (χ3n) is 3.20. The van der Waals surface area contributed by atoms with Gasteiger partial charge in [-0.25, -0.2) is 0 Å². The molecule has 94 valence electrons. The van der Waals surface area contributed by atoms with Crippen LogP contribution in [0, 0.1) is 5.92 Å². The molecule has 0 aromatic rings. The van der Waals surface area contributed by atoms with Gasteiger partial charge in [-0.2, -0.15) is 0 Å². The summed E-state index contributed by atoms with van der Waals surface area (Å²) in [6.45, 7) is 6.51. The molecule has 2 aliphatic rings. The van der Waals surface area contributed by atoms with E-state index in [1.165, 1.54) is 6.42 Å². The van der Waals surface area contributed by atoms with Crippen molar-refractivity contribution in [2.24, 2.45) is 5.92 Å². The number of hydrogen-bond acceptors (Lipinski definition) is 4. The Morgan fingerprint density at radius 1 is 1.12 bits per heavy atom. The predicted octanol–water partition coefficient (Wildman–Crippen LogP) is 0.808. The lowest BCUT2D eigenvalue weighted by molar-refractivity contribution is 0.0415. The minimum Gasteiger partial charge on any atom is -0.381 e. The summed E-state index contributed by atoms with van der Waals surface area (Å²) in [6.07, 6.45) is 3.71. The third-order valence-corrected chi connectivity index (χ3v) is 3.20. The van der Waals surface area contributed by atoms with Gasteiger partial charge < -0.3 is 19.5 Å². The van der Waals surface area contributed by atoms with E-state index in [1.807, 2.05) is 0 Å². The second kappa shape index (κ2) is 7.22. The summed E-state index contributed by atoms with van der Waals surface area (Å²) in [5, 5.41) is 3.46. The molecule has 0 bridgehead atoms. The SMILES string of the molecule is C(CNCC1CCOC1)COC1CCOC1. The highest BCUT2D eigenvalue weighted by Crippen LogP contribution is 2.10. The van der Waals surface area contributed by atoms with Crippen molar-refractivity contribution in [2.75, 3.05) is 46.1 Å². The topological polar surface area (TPSA) is 39.7 Å². The fourth-order valence-electron chi connectivity index (χ4n) is 2.14. The minimum atomic E-state index is 0.350. The monoisotopic (exact) mass is 229 g/mol. The van der Waals surface area contributed by atoms with Gasteiger partial charge >= 0.3 is 0 Å². The molecule has 2 heterocycles. The Balaban J connectivity index is 1.37. The second-order valence-electron chi connectivity index (χ2n) is 4.64. The average molecular weight is 229 g/mol. The molecular formula is C12H23NO3. The Bertz CT molecular complexity index is 157. The van der Waals surface area contributed by atoms with E-state index in [1.54, 1.807) is 0 Å². The van der Waals surface area contributed by atoms with Crippen LogP contribution in [0.1, 0.15) is 19.3 Å². The minimum absolute atomic E-state index is 0.350. The first-order valence-electron chi connectivity index (χ1n) is 6.43. The van der Waals surface area contributed by atoms with Crippen LogP contribution < -0.4 is 5.32 Å². The maximum absolute atomic E-state index is 5.69. The molecule has 2 unspecified atom stereocenters. The zero-order valence-electron chi connectivity index (χ0n) is 9.95. The molecule has 0 aromatic heterocycles. The molecule has 2 fully saturated rings. The molecule has 4 nitrogen and oxygen atoms in total. The Morgan fingerprint density at radius 2 is 2.00 bits per heavy atom. The number of rotatable bonds is 7.